The Labute approximate surface area is 168 Å². The van der Waals surface area contributed by atoms with Crippen molar-refractivity contribution < 1.29 is 18.7 Å². The van der Waals surface area contributed by atoms with Crippen molar-refractivity contribution in [2.75, 3.05) is 0 Å². The number of ether oxygens (including phenoxy) is 1. The minimum atomic E-state index is -0.979. The number of nitrogens with one attached hydrogen (secondary N) is 1. The van der Waals surface area contributed by atoms with E-state index in [9.17, 15) is 14.0 Å². The molecular formula is C22H22FN3O3. The van der Waals surface area contributed by atoms with E-state index in [1.54, 1.807) is 36.9 Å². The van der Waals surface area contributed by atoms with Crippen molar-refractivity contribution in [3.63, 3.8) is 0 Å². The van der Waals surface area contributed by atoms with Crippen LogP contribution in [0.3, 0.4) is 0 Å². The van der Waals surface area contributed by atoms with Crippen LogP contribution in [0.25, 0.3) is 11.1 Å². The van der Waals surface area contributed by atoms with Gasteiger partial charge in [0.2, 0.25) is 0 Å². The second-order valence-electron chi connectivity index (χ2n) is 6.83. The van der Waals surface area contributed by atoms with Gasteiger partial charge in [0.05, 0.1) is 24.5 Å². The summed E-state index contributed by atoms with van der Waals surface area (Å²) in [6, 6.07) is 12.7. The van der Waals surface area contributed by atoms with Gasteiger partial charge in [0.25, 0.3) is 5.91 Å². The largest absolute Gasteiger partial charge is 0.461 e. The van der Waals surface area contributed by atoms with Crippen LogP contribution < -0.4 is 5.32 Å². The smallest absolute Gasteiger partial charge is 0.330 e. The van der Waals surface area contributed by atoms with Gasteiger partial charge < -0.3 is 14.6 Å². The second kappa shape index (κ2) is 9.14. The summed E-state index contributed by atoms with van der Waals surface area (Å²) < 4.78 is 21.5. The molecule has 1 N–H and O–H groups in total. The Morgan fingerprint density at radius 2 is 1.90 bits per heavy atom. The number of carbonyl (C=O) groups is 2. The quantitative estimate of drug-likeness (QED) is 0.622. The van der Waals surface area contributed by atoms with Gasteiger partial charge in [-0.05, 0) is 37.1 Å². The number of amides is 1. The summed E-state index contributed by atoms with van der Waals surface area (Å²) in [5.74, 6) is -1.95. The summed E-state index contributed by atoms with van der Waals surface area (Å²) in [6.07, 6.45) is 4.41. The van der Waals surface area contributed by atoms with E-state index >= 15 is 0 Å². The highest BCUT2D eigenvalue weighted by atomic mass is 19.1. The van der Waals surface area contributed by atoms with E-state index in [0.717, 1.165) is 5.56 Å². The summed E-state index contributed by atoms with van der Waals surface area (Å²) in [6.45, 7) is 3.56. The van der Waals surface area contributed by atoms with Crippen LogP contribution >= 0.6 is 0 Å². The standard InChI is InChI=1S/C22H22FN3O3/c1-15(2)29-22(28)20(13-26-11-10-24-14-26)25-21(27)18-9-8-17(12-19(18)23)16-6-4-3-5-7-16/h3-12,14-15,20H,13H2,1-2H3,(H,25,27)/t20-/m0/s1. The lowest BCUT2D eigenvalue weighted by Gasteiger charge is -2.20. The average molecular weight is 395 g/mol. The maximum Gasteiger partial charge on any atom is 0.330 e. The Morgan fingerprint density at radius 3 is 2.52 bits per heavy atom. The lowest BCUT2D eigenvalue weighted by Crippen LogP contribution is -2.45. The fourth-order valence-electron chi connectivity index (χ4n) is 2.84. The molecule has 29 heavy (non-hydrogen) atoms. The fourth-order valence-corrected chi connectivity index (χ4v) is 2.84. The first-order valence-electron chi connectivity index (χ1n) is 9.26. The van der Waals surface area contributed by atoms with Gasteiger partial charge in [-0.3, -0.25) is 4.79 Å². The highest BCUT2D eigenvalue weighted by Gasteiger charge is 2.25. The summed E-state index contributed by atoms with van der Waals surface area (Å²) in [5.41, 5.74) is 1.36. The van der Waals surface area contributed by atoms with Gasteiger partial charge in [-0.2, -0.15) is 0 Å². The van der Waals surface area contributed by atoms with Crippen molar-refractivity contribution in [1.82, 2.24) is 14.9 Å². The molecule has 0 spiro atoms. The fraction of sp³-hybridized carbons (Fsp3) is 0.227. The molecule has 3 aromatic rings. The average Bonchev–Trinajstić information content (AvgIpc) is 3.20. The first-order valence-corrected chi connectivity index (χ1v) is 9.26. The van der Waals surface area contributed by atoms with Crippen LogP contribution in [0.15, 0.2) is 67.3 Å². The van der Waals surface area contributed by atoms with Crippen LogP contribution in [0.5, 0.6) is 0 Å². The number of benzene rings is 2. The molecule has 3 rings (SSSR count). The van der Waals surface area contributed by atoms with E-state index < -0.39 is 23.7 Å². The molecule has 150 valence electrons. The van der Waals surface area contributed by atoms with E-state index in [1.807, 2.05) is 30.3 Å². The topological polar surface area (TPSA) is 73.2 Å². The Kier molecular flexibility index (Phi) is 6.39. The van der Waals surface area contributed by atoms with E-state index in [0.29, 0.717) is 5.56 Å². The molecule has 0 aliphatic heterocycles. The van der Waals surface area contributed by atoms with Crippen molar-refractivity contribution in [3.05, 3.63) is 78.6 Å². The third kappa shape index (κ3) is 5.28. The number of hydrogen-bond donors (Lipinski definition) is 1. The van der Waals surface area contributed by atoms with Crippen LogP contribution in [0.1, 0.15) is 24.2 Å². The van der Waals surface area contributed by atoms with E-state index in [1.165, 1.54) is 18.5 Å². The number of carbonyl (C=O) groups excluding carboxylic acids is 2. The first kappa shape index (κ1) is 20.3. The molecule has 1 heterocycles. The second-order valence-corrected chi connectivity index (χ2v) is 6.83. The summed E-state index contributed by atoms with van der Waals surface area (Å²) in [4.78, 5) is 29.0. The van der Waals surface area contributed by atoms with Crippen LogP contribution in [-0.2, 0) is 16.1 Å². The van der Waals surface area contributed by atoms with E-state index in [2.05, 4.69) is 10.3 Å². The number of esters is 1. The molecule has 0 radical (unpaired) electrons. The van der Waals surface area contributed by atoms with Gasteiger partial charge in [-0.25, -0.2) is 14.2 Å². The molecule has 0 fully saturated rings. The highest BCUT2D eigenvalue weighted by molar-refractivity contribution is 5.97. The Morgan fingerprint density at radius 1 is 1.14 bits per heavy atom. The monoisotopic (exact) mass is 395 g/mol. The van der Waals surface area contributed by atoms with Gasteiger partial charge >= 0.3 is 5.97 Å². The number of nitrogens with zero attached hydrogens (tertiary/aromatic N) is 2. The molecule has 0 saturated carbocycles. The van der Waals surface area contributed by atoms with Crippen molar-refractivity contribution in [3.8, 4) is 11.1 Å². The number of imidazole rings is 1. The third-order valence-corrected chi connectivity index (χ3v) is 4.22. The van der Waals surface area contributed by atoms with Crippen LogP contribution in [-0.4, -0.2) is 33.6 Å². The Balaban J connectivity index is 1.78. The predicted molar refractivity (Wildman–Crippen MR) is 107 cm³/mol. The van der Waals surface area contributed by atoms with Gasteiger partial charge in [0.1, 0.15) is 11.9 Å². The molecule has 1 atom stereocenters. The first-order chi connectivity index (χ1) is 13.9. The van der Waals surface area contributed by atoms with E-state index in [-0.39, 0.29) is 18.2 Å². The maximum absolute atomic E-state index is 14.6. The van der Waals surface area contributed by atoms with Crippen molar-refractivity contribution >= 4 is 11.9 Å². The van der Waals surface area contributed by atoms with Crippen molar-refractivity contribution in [1.29, 1.82) is 0 Å². The molecular weight excluding hydrogens is 373 g/mol. The molecule has 0 bridgehead atoms. The number of hydrogen-bond acceptors (Lipinski definition) is 4. The molecule has 0 unspecified atom stereocenters. The van der Waals surface area contributed by atoms with Gasteiger partial charge in [0, 0.05) is 12.4 Å². The van der Waals surface area contributed by atoms with Gasteiger partial charge in [-0.1, -0.05) is 36.4 Å². The Bertz CT molecular complexity index is 972. The third-order valence-electron chi connectivity index (χ3n) is 4.22. The lowest BCUT2D eigenvalue weighted by atomic mass is 10.0. The van der Waals surface area contributed by atoms with Crippen molar-refractivity contribution in [2.45, 2.75) is 32.5 Å². The van der Waals surface area contributed by atoms with E-state index in [4.69, 9.17) is 4.74 Å². The summed E-state index contributed by atoms with van der Waals surface area (Å²) in [7, 11) is 0. The zero-order valence-corrected chi connectivity index (χ0v) is 16.2. The summed E-state index contributed by atoms with van der Waals surface area (Å²) in [5, 5.41) is 2.57. The molecule has 6 nitrogen and oxygen atoms in total. The molecule has 1 aromatic heterocycles. The number of rotatable bonds is 7. The molecule has 0 aliphatic carbocycles. The number of halogens is 1. The molecule has 0 aliphatic rings. The van der Waals surface area contributed by atoms with Gasteiger partial charge in [-0.15, -0.1) is 0 Å². The zero-order valence-electron chi connectivity index (χ0n) is 16.2. The zero-order chi connectivity index (χ0) is 20.8. The number of aromatic nitrogens is 2. The molecule has 2 aromatic carbocycles. The maximum atomic E-state index is 14.6. The lowest BCUT2D eigenvalue weighted by molar-refractivity contribution is -0.150. The summed E-state index contributed by atoms with van der Waals surface area (Å²) >= 11 is 0. The Hall–Kier alpha value is -3.48. The molecule has 1 amide bonds. The predicted octanol–water partition coefficient (Wildman–Crippen LogP) is 3.44. The minimum Gasteiger partial charge on any atom is -0.461 e. The van der Waals surface area contributed by atoms with Crippen LogP contribution in [0.2, 0.25) is 0 Å². The molecule has 7 heteroatoms. The van der Waals surface area contributed by atoms with Crippen LogP contribution in [0.4, 0.5) is 4.39 Å². The minimum absolute atomic E-state index is 0.126. The normalized spacial score (nSPS) is 11.9. The highest BCUT2D eigenvalue weighted by Crippen LogP contribution is 2.21. The molecule has 0 saturated heterocycles. The SMILES string of the molecule is CC(C)OC(=O)[C@H](Cn1ccnc1)NC(=O)c1ccc(-c2ccccc2)cc1F. The van der Waals surface area contributed by atoms with Crippen molar-refractivity contribution in [2.24, 2.45) is 0 Å². The van der Waals surface area contributed by atoms with Gasteiger partial charge in [0.15, 0.2) is 0 Å². The van der Waals surface area contributed by atoms with Crippen LogP contribution in [0, 0.1) is 5.82 Å².